The second-order valence-electron chi connectivity index (χ2n) is 16.4. The van der Waals surface area contributed by atoms with Crippen molar-refractivity contribution in [3.05, 3.63) is 255 Å². The largest absolute Gasteiger partial charge is 0.309 e. The molecular weight excluding hydrogens is 777 g/mol. The van der Waals surface area contributed by atoms with Crippen LogP contribution in [0.2, 0.25) is 0 Å². The molecule has 63 heavy (non-hydrogen) atoms. The lowest BCUT2D eigenvalue weighted by atomic mass is 9.99. The van der Waals surface area contributed by atoms with Gasteiger partial charge in [-0.25, -0.2) is 0 Å². The van der Waals surface area contributed by atoms with Crippen LogP contribution in [0.5, 0.6) is 0 Å². The first-order valence-electron chi connectivity index (χ1n) is 21.8. The van der Waals surface area contributed by atoms with Gasteiger partial charge < -0.3 is 9.13 Å². The van der Waals surface area contributed by atoms with Gasteiger partial charge in [0.2, 0.25) is 0 Å². The van der Waals surface area contributed by atoms with Gasteiger partial charge in [-0.2, -0.15) is 0 Å². The first-order valence-corrected chi connectivity index (χ1v) is 23.8. The molecule has 296 valence electrons. The number of hydrogen-bond acceptors (Lipinski definition) is 0. The molecule has 0 aliphatic heterocycles. The first kappa shape index (κ1) is 36.8. The maximum atomic E-state index is 2.59. The maximum absolute atomic E-state index is 2.98. The molecule has 2 aromatic heterocycles. The predicted octanol–water partition coefficient (Wildman–Crippen LogP) is 12.6. The van der Waals surface area contributed by atoms with Crippen LogP contribution in [0, 0.1) is 0 Å². The number of benzene rings is 10. The van der Waals surface area contributed by atoms with Gasteiger partial charge in [0.25, 0.3) is 0 Å². The molecule has 0 aliphatic rings. The molecule has 2 heterocycles. The Balaban J connectivity index is 1.19. The Morgan fingerprint density at radius 2 is 0.762 bits per heavy atom. The Bertz CT molecular complexity index is 3480. The zero-order valence-corrected chi connectivity index (χ0v) is 35.6. The van der Waals surface area contributed by atoms with Crippen molar-refractivity contribution in [1.82, 2.24) is 9.13 Å². The van der Waals surface area contributed by atoms with E-state index in [1.165, 1.54) is 86.6 Å². The minimum atomic E-state index is -2.98. The lowest BCUT2D eigenvalue weighted by Crippen LogP contribution is -2.75. The van der Waals surface area contributed by atoms with E-state index in [1.54, 1.807) is 0 Å². The summed E-state index contributed by atoms with van der Waals surface area (Å²) in [5.74, 6) is 0. The first-order chi connectivity index (χ1) is 31.3. The van der Waals surface area contributed by atoms with Crippen LogP contribution in [0.4, 0.5) is 0 Å². The summed E-state index contributed by atoms with van der Waals surface area (Å²) in [6.45, 7) is 0. The van der Waals surface area contributed by atoms with Crippen LogP contribution < -0.4 is 20.7 Å². The highest BCUT2D eigenvalue weighted by Crippen LogP contribution is 2.41. The Morgan fingerprint density at radius 3 is 1.40 bits per heavy atom. The number of rotatable bonds is 8. The standard InChI is InChI=1S/C60H42N2Si/c1-6-20-43(21-7-1)44-36-38-46(39-37-44)61-55-33-17-16-30-52(55)54-42-47(40-41-56(54)61)62-57-34-18-31-51(45-22-8-2-9-23-45)59(57)53-32-19-35-58(60(53)62)63(48-24-10-3-11-25-48,49-26-12-4-13-27-49)50-28-14-5-15-29-50/h1-42H. The van der Waals surface area contributed by atoms with Gasteiger partial charge in [-0.1, -0.05) is 212 Å². The predicted molar refractivity (Wildman–Crippen MR) is 270 cm³/mol. The van der Waals surface area contributed by atoms with Crippen molar-refractivity contribution in [2.75, 3.05) is 0 Å². The molecule has 0 spiro atoms. The van der Waals surface area contributed by atoms with Crippen molar-refractivity contribution >= 4 is 72.4 Å². The normalized spacial score (nSPS) is 11.8. The molecule has 12 rings (SSSR count). The Labute approximate surface area is 368 Å². The van der Waals surface area contributed by atoms with Crippen molar-refractivity contribution in [2.24, 2.45) is 0 Å². The van der Waals surface area contributed by atoms with Crippen LogP contribution >= 0.6 is 0 Å². The van der Waals surface area contributed by atoms with Gasteiger partial charge >= 0.3 is 0 Å². The number of para-hydroxylation sites is 2. The van der Waals surface area contributed by atoms with E-state index < -0.39 is 8.07 Å². The topological polar surface area (TPSA) is 9.86 Å². The van der Waals surface area contributed by atoms with E-state index in [2.05, 4.69) is 264 Å². The van der Waals surface area contributed by atoms with Crippen LogP contribution in [0.25, 0.3) is 77.2 Å². The molecule has 2 nitrogen and oxygen atoms in total. The summed E-state index contributed by atoms with van der Waals surface area (Å²) in [6, 6.07) is 94.3. The summed E-state index contributed by atoms with van der Waals surface area (Å²) < 4.78 is 5.01. The van der Waals surface area contributed by atoms with E-state index in [4.69, 9.17) is 0 Å². The van der Waals surface area contributed by atoms with Crippen LogP contribution in [0.3, 0.4) is 0 Å². The average Bonchev–Trinajstić information content (AvgIpc) is 3.89. The van der Waals surface area contributed by atoms with Crippen molar-refractivity contribution in [3.8, 4) is 33.6 Å². The van der Waals surface area contributed by atoms with Crippen molar-refractivity contribution in [2.45, 2.75) is 0 Å². The highest BCUT2D eigenvalue weighted by atomic mass is 28.3. The average molecular weight is 819 g/mol. The molecule has 0 atom stereocenters. The molecule has 0 aliphatic carbocycles. The molecule has 0 radical (unpaired) electrons. The summed E-state index contributed by atoms with van der Waals surface area (Å²) in [6.07, 6.45) is 0. The molecule has 0 saturated heterocycles. The molecule has 12 aromatic rings. The van der Waals surface area contributed by atoms with Crippen LogP contribution in [0.1, 0.15) is 0 Å². The smallest absolute Gasteiger partial charge is 0.181 e. The van der Waals surface area contributed by atoms with Crippen LogP contribution in [-0.4, -0.2) is 17.2 Å². The second-order valence-corrected chi connectivity index (χ2v) is 20.2. The quantitative estimate of drug-likeness (QED) is 0.107. The Morgan fingerprint density at radius 1 is 0.286 bits per heavy atom. The number of fused-ring (bicyclic) bond motifs is 6. The Hall–Kier alpha value is -7.98. The Kier molecular flexibility index (Phi) is 8.87. The summed E-state index contributed by atoms with van der Waals surface area (Å²) in [5, 5.41) is 10.4. The van der Waals surface area contributed by atoms with Gasteiger partial charge in [-0.3, -0.25) is 0 Å². The minimum Gasteiger partial charge on any atom is -0.309 e. The van der Waals surface area contributed by atoms with Gasteiger partial charge in [0.1, 0.15) is 0 Å². The van der Waals surface area contributed by atoms with E-state index >= 15 is 0 Å². The van der Waals surface area contributed by atoms with E-state index in [-0.39, 0.29) is 0 Å². The molecule has 0 amide bonds. The van der Waals surface area contributed by atoms with Crippen LogP contribution in [-0.2, 0) is 0 Å². The highest BCUT2D eigenvalue weighted by molar-refractivity contribution is 7.20. The zero-order chi connectivity index (χ0) is 41.7. The third-order valence-corrected chi connectivity index (χ3v) is 17.9. The monoisotopic (exact) mass is 818 g/mol. The number of nitrogens with zero attached hydrogens (tertiary/aromatic N) is 2. The fourth-order valence-corrected chi connectivity index (χ4v) is 15.3. The maximum Gasteiger partial charge on any atom is 0.181 e. The van der Waals surface area contributed by atoms with Gasteiger partial charge in [0, 0.05) is 32.9 Å². The van der Waals surface area contributed by atoms with Crippen molar-refractivity contribution < 1.29 is 0 Å². The fourth-order valence-electron chi connectivity index (χ4n) is 10.4. The third-order valence-electron chi connectivity index (χ3n) is 13.1. The molecule has 0 bridgehead atoms. The number of aromatic nitrogens is 2. The van der Waals surface area contributed by atoms with E-state index in [9.17, 15) is 0 Å². The van der Waals surface area contributed by atoms with E-state index in [0.29, 0.717) is 0 Å². The summed E-state index contributed by atoms with van der Waals surface area (Å²) >= 11 is 0. The van der Waals surface area contributed by atoms with Gasteiger partial charge in [0.15, 0.2) is 8.07 Å². The summed E-state index contributed by atoms with van der Waals surface area (Å²) in [7, 11) is -2.98. The second kappa shape index (κ2) is 15.2. The molecule has 0 saturated carbocycles. The van der Waals surface area contributed by atoms with Gasteiger partial charge in [-0.15, -0.1) is 0 Å². The molecule has 3 heteroatoms. The molecule has 0 fully saturated rings. The number of hydrogen-bond donors (Lipinski definition) is 0. The summed E-state index contributed by atoms with van der Waals surface area (Å²) in [4.78, 5) is 0. The highest BCUT2D eigenvalue weighted by Gasteiger charge is 2.43. The van der Waals surface area contributed by atoms with E-state index in [0.717, 1.165) is 11.4 Å². The summed E-state index contributed by atoms with van der Waals surface area (Å²) in [5.41, 5.74) is 12.0. The molecule has 10 aromatic carbocycles. The third kappa shape index (κ3) is 5.85. The fraction of sp³-hybridized carbons (Fsp3) is 0. The lowest BCUT2D eigenvalue weighted by Gasteiger charge is -2.35. The lowest BCUT2D eigenvalue weighted by molar-refractivity contribution is 1.17. The van der Waals surface area contributed by atoms with Gasteiger partial charge in [-0.05, 0) is 85.5 Å². The molecule has 0 unspecified atom stereocenters. The zero-order valence-electron chi connectivity index (χ0n) is 34.6. The van der Waals surface area contributed by atoms with E-state index in [1.807, 2.05) is 0 Å². The van der Waals surface area contributed by atoms with Crippen LogP contribution in [0.15, 0.2) is 255 Å². The van der Waals surface area contributed by atoms with Gasteiger partial charge in [0.05, 0.1) is 22.1 Å². The molecular formula is C60H42N2Si. The van der Waals surface area contributed by atoms with Crippen molar-refractivity contribution in [1.29, 1.82) is 0 Å². The molecule has 0 N–H and O–H groups in total. The minimum absolute atomic E-state index is 1.14. The van der Waals surface area contributed by atoms with Crippen molar-refractivity contribution in [3.63, 3.8) is 0 Å². The SMILES string of the molecule is c1ccc(-c2ccc(-n3c4ccccc4c4cc(-n5c6cccc(-c7ccccc7)c6c6cccc([Si](c7ccccc7)(c7ccccc7)c7ccccc7)c65)ccc43)cc2)cc1.